The Morgan fingerprint density at radius 1 is 1.33 bits per heavy atom. The molecule has 30 heavy (non-hydrogen) atoms. The SMILES string of the molecule is C=CCN1C(=O)[C@@H](CC(=O)Nc2ccccc2C)SC1=NS(=O)(=O)c1ccc(Cl)s1. The van der Waals surface area contributed by atoms with Crippen LogP contribution in [0.2, 0.25) is 4.34 Å². The number of nitrogens with one attached hydrogen (secondary N) is 1. The second kappa shape index (κ2) is 9.34. The van der Waals surface area contributed by atoms with Gasteiger partial charge in [-0.1, -0.05) is 47.6 Å². The number of amidine groups is 1. The summed E-state index contributed by atoms with van der Waals surface area (Å²) >= 11 is 7.65. The number of hydrogen-bond donors (Lipinski definition) is 1. The van der Waals surface area contributed by atoms with Gasteiger partial charge in [-0.05, 0) is 30.7 Å². The van der Waals surface area contributed by atoms with Gasteiger partial charge in [0.15, 0.2) is 5.17 Å². The lowest BCUT2D eigenvalue weighted by molar-refractivity contribution is -0.127. The van der Waals surface area contributed by atoms with Crippen molar-refractivity contribution in [3.63, 3.8) is 0 Å². The Morgan fingerprint density at radius 3 is 2.70 bits per heavy atom. The molecule has 1 atom stereocenters. The van der Waals surface area contributed by atoms with Crippen LogP contribution in [0.15, 0.2) is 57.7 Å². The van der Waals surface area contributed by atoms with Crippen LogP contribution >= 0.6 is 34.7 Å². The van der Waals surface area contributed by atoms with E-state index in [0.29, 0.717) is 10.0 Å². The maximum atomic E-state index is 12.8. The van der Waals surface area contributed by atoms with Gasteiger partial charge in [-0.2, -0.15) is 8.42 Å². The molecule has 0 saturated carbocycles. The molecule has 1 aromatic carbocycles. The van der Waals surface area contributed by atoms with Gasteiger partial charge in [-0.25, -0.2) is 0 Å². The van der Waals surface area contributed by atoms with Gasteiger partial charge in [0.05, 0.1) is 4.34 Å². The van der Waals surface area contributed by atoms with Crippen molar-refractivity contribution >= 4 is 67.4 Å². The number of amides is 2. The highest BCUT2D eigenvalue weighted by atomic mass is 35.5. The number of thiophene rings is 1. The highest BCUT2D eigenvalue weighted by Crippen LogP contribution is 2.33. The first-order valence-corrected chi connectivity index (χ1v) is 12.3. The first-order valence-electron chi connectivity index (χ1n) is 8.76. The van der Waals surface area contributed by atoms with E-state index < -0.39 is 21.2 Å². The third kappa shape index (κ3) is 5.12. The number of thioether (sulfide) groups is 1. The molecule has 1 aliphatic heterocycles. The number of aryl methyl sites for hydroxylation is 1. The molecule has 0 spiro atoms. The van der Waals surface area contributed by atoms with Gasteiger partial charge in [-0.15, -0.1) is 22.3 Å². The van der Waals surface area contributed by atoms with E-state index >= 15 is 0 Å². The number of nitrogens with zero attached hydrogens (tertiary/aromatic N) is 2. The van der Waals surface area contributed by atoms with E-state index in [-0.39, 0.29) is 28.2 Å². The van der Waals surface area contributed by atoms with Crippen molar-refractivity contribution in [1.82, 2.24) is 4.90 Å². The lowest BCUT2D eigenvalue weighted by Gasteiger charge is -2.13. The first kappa shape index (κ1) is 22.5. The molecule has 1 fully saturated rings. The monoisotopic (exact) mass is 483 g/mol. The molecule has 2 heterocycles. The summed E-state index contributed by atoms with van der Waals surface area (Å²) in [6.45, 7) is 5.55. The standard InChI is InChI=1S/C19H18ClN3O4S3/c1-3-10-23-18(25)14(11-16(24)21-13-7-5-4-6-12(13)2)28-19(23)22-30(26,27)17-9-8-15(20)29-17/h3-9,14H,1,10-11H2,2H3,(H,21,24)/t14-/m1/s1. The molecule has 0 aliphatic carbocycles. The number of carbonyl (C=O) groups excluding carboxylic acids is 2. The van der Waals surface area contributed by atoms with Crippen LogP contribution in [0.3, 0.4) is 0 Å². The molecule has 2 amide bonds. The van der Waals surface area contributed by atoms with Crippen LogP contribution < -0.4 is 5.32 Å². The van der Waals surface area contributed by atoms with Gasteiger partial charge < -0.3 is 5.32 Å². The number of carbonyl (C=O) groups is 2. The summed E-state index contributed by atoms with van der Waals surface area (Å²) in [7, 11) is -4.03. The number of anilines is 1. The van der Waals surface area contributed by atoms with E-state index in [2.05, 4.69) is 16.3 Å². The highest BCUT2D eigenvalue weighted by Gasteiger charge is 2.39. The van der Waals surface area contributed by atoms with E-state index in [1.165, 1.54) is 23.1 Å². The topological polar surface area (TPSA) is 95.9 Å². The van der Waals surface area contributed by atoms with E-state index in [1.54, 1.807) is 12.1 Å². The summed E-state index contributed by atoms with van der Waals surface area (Å²) in [6.07, 6.45) is 1.35. The van der Waals surface area contributed by atoms with Crippen LogP contribution in [0.5, 0.6) is 0 Å². The summed E-state index contributed by atoms with van der Waals surface area (Å²) in [6, 6.07) is 10.1. The predicted molar refractivity (Wildman–Crippen MR) is 122 cm³/mol. The van der Waals surface area contributed by atoms with Crippen molar-refractivity contribution in [1.29, 1.82) is 0 Å². The van der Waals surface area contributed by atoms with Gasteiger partial charge >= 0.3 is 0 Å². The van der Waals surface area contributed by atoms with Crippen molar-refractivity contribution in [3.8, 4) is 0 Å². The average Bonchev–Trinajstić information content (AvgIpc) is 3.23. The Kier molecular flexibility index (Phi) is 7.02. The molecule has 3 rings (SSSR count). The fourth-order valence-electron chi connectivity index (χ4n) is 2.67. The van der Waals surface area contributed by atoms with Crippen molar-refractivity contribution < 1.29 is 18.0 Å². The second-order valence-electron chi connectivity index (χ2n) is 6.32. The lowest BCUT2D eigenvalue weighted by atomic mass is 10.2. The molecule has 2 aromatic rings. The molecule has 1 saturated heterocycles. The molecule has 1 N–H and O–H groups in total. The normalized spacial score (nSPS) is 18.1. The first-order chi connectivity index (χ1) is 14.2. The Morgan fingerprint density at radius 2 is 2.07 bits per heavy atom. The van der Waals surface area contributed by atoms with Crippen LogP contribution in [0.4, 0.5) is 5.69 Å². The second-order valence-corrected chi connectivity index (χ2v) is 11.0. The van der Waals surface area contributed by atoms with Crippen molar-refractivity contribution in [2.24, 2.45) is 4.40 Å². The largest absolute Gasteiger partial charge is 0.326 e. The zero-order valence-corrected chi connectivity index (χ0v) is 19.1. The van der Waals surface area contributed by atoms with Crippen molar-refractivity contribution in [2.75, 3.05) is 11.9 Å². The van der Waals surface area contributed by atoms with Gasteiger partial charge in [-0.3, -0.25) is 14.5 Å². The number of para-hydroxylation sites is 1. The fraction of sp³-hybridized carbons (Fsp3) is 0.211. The smallest absolute Gasteiger partial charge is 0.294 e. The summed E-state index contributed by atoms with van der Waals surface area (Å²) in [4.78, 5) is 26.4. The Balaban J connectivity index is 1.79. The Bertz CT molecular complexity index is 1130. The zero-order chi connectivity index (χ0) is 21.9. The van der Waals surface area contributed by atoms with Crippen molar-refractivity contribution in [2.45, 2.75) is 22.8 Å². The number of halogens is 1. The minimum absolute atomic E-state index is 0.0121. The van der Waals surface area contributed by atoms with Gasteiger partial charge in [0.25, 0.3) is 10.0 Å². The zero-order valence-electron chi connectivity index (χ0n) is 15.9. The summed E-state index contributed by atoms with van der Waals surface area (Å²) in [5.74, 6) is -0.735. The van der Waals surface area contributed by atoms with E-state index in [1.807, 2.05) is 19.1 Å². The fourth-order valence-corrected chi connectivity index (χ4v) is 6.50. The van der Waals surface area contributed by atoms with Gasteiger partial charge in [0.1, 0.15) is 9.46 Å². The highest BCUT2D eigenvalue weighted by molar-refractivity contribution is 8.16. The van der Waals surface area contributed by atoms with Crippen LogP contribution in [0.1, 0.15) is 12.0 Å². The van der Waals surface area contributed by atoms with E-state index in [9.17, 15) is 18.0 Å². The van der Waals surface area contributed by atoms with Gasteiger partial charge in [0.2, 0.25) is 11.8 Å². The third-order valence-corrected chi connectivity index (χ3v) is 8.38. The van der Waals surface area contributed by atoms with Crippen LogP contribution in [-0.4, -0.2) is 42.1 Å². The maximum absolute atomic E-state index is 12.8. The lowest BCUT2D eigenvalue weighted by Crippen LogP contribution is -2.33. The number of sulfonamides is 1. The molecule has 1 aromatic heterocycles. The summed E-state index contributed by atoms with van der Waals surface area (Å²) in [5.41, 5.74) is 1.56. The Hall–Kier alpha value is -2.14. The molecular formula is C19H18ClN3O4S3. The molecule has 11 heteroatoms. The predicted octanol–water partition coefficient (Wildman–Crippen LogP) is 3.91. The van der Waals surface area contributed by atoms with Crippen LogP contribution in [-0.2, 0) is 19.6 Å². The quantitative estimate of drug-likeness (QED) is 0.602. The van der Waals surface area contributed by atoms with Crippen LogP contribution in [0.25, 0.3) is 0 Å². The van der Waals surface area contributed by atoms with E-state index in [0.717, 1.165) is 28.7 Å². The molecule has 0 bridgehead atoms. The van der Waals surface area contributed by atoms with Gasteiger partial charge in [0, 0.05) is 18.7 Å². The maximum Gasteiger partial charge on any atom is 0.294 e. The minimum atomic E-state index is -4.03. The molecule has 0 radical (unpaired) electrons. The van der Waals surface area contributed by atoms with Crippen LogP contribution in [0, 0.1) is 6.92 Å². The van der Waals surface area contributed by atoms with Crippen molar-refractivity contribution in [3.05, 3.63) is 59.0 Å². The number of hydrogen-bond acceptors (Lipinski definition) is 6. The van der Waals surface area contributed by atoms with E-state index in [4.69, 9.17) is 11.6 Å². The number of benzene rings is 1. The molecule has 1 aliphatic rings. The third-order valence-electron chi connectivity index (χ3n) is 4.12. The minimum Gasteiger partial charge on any atom is -0.326 e. The summed E-state index contributed by atoms with van der Waals surface area (Å²) in [5, 5.41) is 2.01. The molecule has 0 unspecified atom stereocenters. The summed E-state index contributed by atoms with van der Waals surface area (Å²) < 4.78 is 29.3. The molecule has 158 valence electrons. The molecular weight excluding hydrogens is 466 g/mol. The molecule has 7 nitrogen and oxygen atoms in total. The average molecular weight is 484 g/mol. The Labute approximate surface area is 187 Å². The number of rotatable bonds is 7.